The monoisotopic (exact) mass is 401 g/mol. The lowest BCUT2D eigenvalue weighted by Gasteiger charge is -2.20. The Balaban J connectivity index is 1.92. The third-order valence-corrected chi connectivity index (χ3v) is 3.89. The molecule has 0 saturated carbocycles. The van der Waals surface area contributed by atoms with Gasteiger partial charge in [-0.3, -0.25) is 9.67 Å². The third kappa shape index (κ3) is 6.14. The van der Waals surface area contributed by atoms with Gasteiger partial charge in [0.15, 0.2) is 11.7 Å². The molecule has 2 N–H and O–H groups in total. The first-order valence-electron chi connectivity index (χ1n) is 8.69. The predicted molar refractivity (Wildman–Crippen MR) is 97.5 cm³/mol. The van der Waals surface area contributed by atoms with Gasteiger partial charge in [0.05, 0.1) is 6.54 Å². The van der Waals surface area contributed by atoms with Crippen molar-refractivity contribution in [1.29, 1.82) is 0 Å². The molecule has 1 unspecified atom stereocenters. The number of nitrogens with one attached hydrogen (secondary N) is 2. The van der Waals surface area contributed by atoms with Crippen molar-refractivity contribution in [3.63, 3.8) is 0 Å². The number of halogens is 4. The van der Waals surface area contributed by atoms with E-state index in [1.807, 2.05) is 6.92 Å². The van der Waals surface area contributed by atoms with Crippen molar-refractivity contribution < 1.29 is 22.3 Å². The Morgan fingerprint density at radius 1 is 1.32 bits per heavy atom. The summed E-state index contributed by atoms with van der Waals surface area (Å²) in [5.41, 5.74) is -0.917. The van der Waals surface area contributed by atoms with Crippen LogP contribution in [0.5, 0.6) is 5.75 Å². The van der Waals surface area contributed by atoms with E-state index in [1.54, 1.807) is 12.1 Å². The lowest BCUT2D eigenvalue weighted by molar-refractivity contribution is -0.142. The molecule has 1 aromatic carbocycles. The molecule has 0 fully saturated rings. The summed E-state index contributed by atoms with van der Waals surface area (Å²) in [7, 11) is 2.94. The van der Waals surface area contributed by atoms with Gasteiger partial charge in [0, 0.05) is 38.5 Å². The van der Waals surface area contributed by atoms with Crippen LogP contribution in [0.2, 0.25) is 0 Å². The van der Waals surface area contributed by atoms with Gasteiger partial charge in [0.2, 0.25) is 0 Å². The van der Waals surface area contributed by atoms with Gasteiger partial charge in [-0.25, -0.2) is 4.39 Å². The van der Waals surface area contributed by atoms with Crippen molar-refractivity contribution in [3.8, 4) is 5.75 Å². The number of guanidine groups is 1. The molecule has 2 rings (SSSR count). The molecule has 6 nitrogen and oxygen atoms in total. The smallest absolute Gasteiger partial charge is 0.435 e. The van der Waals surface area contributed by atoms with Crippen LogP contribution in [0.3, 0.4) is 0 Å². The van der Waals surface area contributed by atoms with Crippen molar-refractivity contribution in [1.82, 2.24) is 20.4 Å². The largest absolute Gasteiger partial charge is 0.489 e. The fourth-order valence-electron chi connectivity index (χ4n) is 2.52. The van der Waals surface area contributed by atoms with Crippen molar-refractivity contribution in [2.24, 2.45) is 12.0 Å². The molecule has 1 aromatic heterocycles. The van der Waals surface area contributed by atoms with Crippen molar-refractivity contribution in [3.05, 3.63) is 47.5 Å². The van der Waals surface area contributed by atoms with E-state index in [0.29, 0.717) is 24.7 Å². The molecular weight excluding hydrogens is 378 g/mol. The Labute approximate surface area is 160 Å². The minimum absolute atomic E-state index is 0.0148. The Morgan fingerprint density at radius 2 is 2.07 bits per heavy atom. The van der Waals surface area contributed by atoms with Crippen LogP contribution in [0.1, 0.15) is 24.6 Å². The molecule has 0 spiro atoms. The van der Waals surface area contributed by atoms with Crippen molar-refractivity contribution >= 4 is 5.96 Å². The third-order valence-electron chi connectivity index (χ3n) is 3.89. The summed E-state index contributed by atoms with van der Waals surface area (Å²) in [6, 6.07) is 5.82. The maximum Gasteiger partial charge on any atom is 0.435 e. The first kappa shape index (κ1) is 21.5. The number of rotatable bonds is 7. The molecule has 0 aliphatic carbocycles. The summed E-state index contributed by atoms with van der Waals surface area (Å²) >= 11 is 0. The van der Waals surface area contributed by atoms with E-state index in [1.165, 1.54) is 32.4 Å². The number of alkyl halides is 3. The number of aromatic nitrogens is 2. The number of nitrogens with zero attached hydrogens (tertiary/aromatic N) is 3. The topological polar surface area (TPSA) is 63.5 Å². The van der Waals surface area contributed by atoms with E-state index in [2.05, 4.69) is 20.7 Å². The summed E-state index contributed by atoms with van der Waals surface area (Å²) in [5, 5.41) is 9.30. The highest BCUT2D eigenvalue weighted by molar-refractivity contribution is 5.79. The average Bonchev–Trinajstić information content (AvgIpc) is 3.02. The van der Waals surface area contributed by atoms with Crippen LogP contribution in [0, 0.1) is 5.82 Å². The van der Waals surface area contributed by atoms with Crippen molar-refractivity contribution in [2.75, 3.05) is 13.6 Å². The molecule has 0 aliphatic rings. The van der Waals surface area contributed by atoms with Gasteiger partial charge in [0.25, 0.3) is 0 Å². The number of aryl methyl sites for hydroxylation is 1. The molecule has 28 heavy (non-hydrogen) atoms. The van der Waals surface area contributed by atoms with Crippen LogP contribution in [0.15, 0.2) is 35.5 Å². The molecule has 10 heteroatoms. The van der Waals surface area contributed by atoms with Crippen LogP contribution < -0.4 is 15.4 Å². The van der Waals surface area contributed by atoms with E-state index >= 15 is 0 Å². The molecule has 1 heterocycles. The van der Waals surface area contributed by atoms with Crippen molar-refractivity contribution in [2.45, 2.75) is 32.2 Å². The van der Waals surface area contributed by atoms with Gasteiger partial charge in [-0.05, 0) is 18.6 Å². The zero-order valence-corrected chi connectivity index (χ0v) is 15.8. The summed E-state index contributed by atoms with van der Waals surface area (Å²) in [6.45, 7) is 2.16. The maximum atomic E-state index is 13.3. The SMILES string of the molecule is CCC(CNC(=NC)NCc1cn(C)nc1C(F)(F)F)Oc1cccc(F)c1. The molecule has 0 amide bonds. The second-order valence-electron chi connectivity index (χ2n) is 6.09. The van der Waals surface area contributed by atoms with Gasteiger partial charge in [-0.2, -0.15) is 18.3 Å². The van der Waals surface area contributed by atoms with Gasteiger partial charge in [-0.15, -0.1) is 0 Å². The molecule has 0 aliphatic heterocycles. The Bertz CT molecular complexity index is 804. The van der Waals surface area contributed by atoms with E-state index < -0.39 is 17.7 Å². The van der Waals surface area contributed by atoms with Gasteiger partial charge in [0.1, 0.15) is 17.7 Å². The zero-order chi connectivity index (χ0) is 20.7. The quantitative estimate of drug-likeness (QED) is 0.425. The minimum Gasteiger partial charge on any atom is -0.489 e. The van der Waals surface area contributed by atoms with Crippen LogP contribution in [0.4, 0.5) is 17.6 Å². The Hall–Kier alpha value is -2.78. The Kier molecular flexibility index (Phi) is 7.24. The van der Waals surface area contributed by atoms with Gasteiger partial charge >= 0.3 is 6.18 Å². The van der Waals surface area contributed by atoms with E-state index in [-0.39, 0.29) is 18.2 Å². The number of ether oxygens (including phenoxy) is 1. The molecule has 2 aromatic rings. The summed E-state index contributed by atoms with van der Waals surface area (Å²) in [5.74, 6) is 0.328. The summed E-state index contributed by atoms with van der Waals surface area (Å²) < 4.78 is 59.1. The highest BCUT2D eigenvalue weighted by Gasteiger charge is 2.36. The predicted octanol–water partition coefficient (Wildman–Crippen LogP) is 3.10. The normalized spacial score (nSPS) is 13.3. The number of hydrogen-bond acceptors (Lipinski definition) is 3. The Morgan fingerprint density at radius 3 is 2.68 bits per heavy atom. The zero-order valence-electron chi connectivity index (χ0n) is 15.8. The molecule has 1 atom stereocenters. The standard InChI is InChI=1S/C18H23F4N5O/c1-4-14(28-15-7-5-6-13(19)8-15)10-25-17(23-2)24-9-12-11-27(3)26-16(12)18(20,21)22/h5-8,11,14H,4,9-10H2,1-3H3,(H2,23,24,25). The van der Waals surface area contributed by atoms with Gasteiger partial charge < -0.3 is 15.4 Å². The number of hydrogen-bond donors (Lipinski definition) is 2. The molecule has 154 valence electrons. The molecule has 0 radical (unpaired) electrons. The molecule has 0 saturated heterocycles. The number of benzene rings is 1. The van der Waals surface area contributed by atoms with Crippen LogP contribution in [0.25, 0.3) is 0 Å². The van der Waals surface area contributed by atoms with Gasteiger partial charge in [-0.1, -0.05) is 13.0 Å². The van der Waals surface area contributed by atoms with E-state index in [0.717, 1.165) is 4.68 Å². The molecular formula is C18H23F4N5O. The summed E-state index contributed by atoms with van der Waals surface area (Å²) in [4.78, 5) is 4.00. The summed E-state index contributed by atoms with van der Waals surface area (Å²) in [6.07, 6.45) is -2.85. The highest BCUT2D eigenvalue weighted by Crippen LogP contribution is 2.30. The molecule has 0 bridgehead atoms. The van der Waals surface area contributed by atoms with Crippen LogP contribution >= 0.6 is 0 Å². The lowest BCUT2D eigenvalue weighted by atomic mass is 10.2. The second-order valence-corrected chi connectivity index (χ2v) is 6.09. The maximum absolute atomic E-state index is 13.3. The average molecular weight is 401 g/mol. The van der Waals surface area contributed by atoms with Crippen LogP contribution in [-0.2, 0) is 19.8 Å². The number of aliphatic imine (C=N–C) groups is 1. The fourth-order valence-corrected chi connectivity index (χ4v) is 2.52. The lowest BCUT2D eigenvalue weighted by Crippen LogP contribution is -2.42. The highest BCUT2D eigenvalue weighted by atomic mass is 19.4. The first-order chi connectivity index (χ1) is 13.2. The van der Waals surface area contributed by atoms with E-state index in [4.69, 9.17) is 4.74 Å². The fraction of sp³-hybridized carbons (Fsp3) is 0.444. The minimum atomic E-state index is -4.53. The second kappa shape index (κ2) is 9.43. The first-order valence-corrected chi connectivity index (χ1v) is 8.69. The van der Waals surface area contributed by atoms with Crippen LogP contribution in [-0.4, -0.2) is 35.4 Å². The van der Waals surface area contributed by atoms with E-state index in [9.17, 15) is 17.6 Å².